The molecule has 6 atom stereocenters. The van der Waals surface area contributed by atoms with Gasteiger partial charge in [0.1, 0.15) is 42.2 Å². The molecule has 1 saturated heterocycles. The van der Waals surface area contributed by atoms with Crippen molar-refractivity contribution in [1.82, 2.24) is 5.32 Å². The molecule has 3 aromatic rings. The second-order valence-electron chi connectivity index (χ2n) is 15.4. The largest absolute Gasteiger partial charge is 0.507 e. The van der Waals surface area contributed by atoms with Crippen molar-refractivity contribution in [1.29, 1.82) is 0 Å². The van der Waals surface area contributed by atoms with Crippen LogP contribution in [0.15, 0.2) is 35.4 Å². The average Bonchev–Trinajstić information content (AvgIpc) is 3.18. The van der Waals surface area contributed by atoms with Gasteiger partial charge in [-0.25, -0.2) is 4.79 Å². The van der Waals surface area contributed by atoms with Gasteiger partial charge in [-0.3, -0.25) is 14.4 Å². The van der Waals surface area contributed by atoms with E-state index in [0.717, 1.165) is 11.1 Å². The lowest BCUT2D eigenvalue weighted by molar-refractivity contribution is -0.249. The number of rotatable bonds is 11. The summed E-state index contributed by atoms with van der Waals surface area (Å²) in [6, 6.07) is 6.88. The zero-order chi connectivity index (χ0) is 42.4. The summed E-state index contributed by atoms with van der Waals surface area (Å²) in [5, 5.41) is 62.4. The molecule has 6 rings (SSSR count). The van der Waals surface area contributed by atoms with E-state index in [0.29, 0.717) is 11.3 Å². The topological polar surface area (TPSA) is 267 Å². The van der Waals surface area contributed by atoms with Gasteiger partial charge in [0, 0.05) is 46.6 Å². The summed E-state index contributed by atoms with van der Waals surface area (Å²) in [6.07, 6.45) is -7.34. The summed E-state index contributed by atoms with van der Waals surface area (Å²) >= 11 is 0. The van der Waals surface area contributed by atoms with Crippen LogP contribution in [0.4, 0.5) is 10.5 Å². The van der Waals surface area contributed by atoms with E-state index in [1.165, 1.54) is 32.2 Å². The molecule has 308 valence electrons. The maximum absolute atomic E-state index is 14.0. The molecule has 2 aliphatic carbocycles. The van der Waals surface area contributed by atoms with Crippen LogP contribution >= 0.6 is 0 Å². The zero-order valence-electron chi connectivity index (χ0n) is 32.8. The number of hydrogen-bond donors (Lipinski definition) is 6. The standard InChI is InChI=1S/C41H46N4O13/c1-17(2)22-10-20(11-23(18(3)4)34(22)44-45-42)16-56-40(53)43-25-12-29(57-19(5)35(25)48)58-27-14-41(54,28(47)15-46)13-24-31(27)39(52)33-32(37(24)50)36(49)21-8-7-9-26(55-6)30(21)38(33)51/h7-11,17-19,25,27,29,35,46,48,50,52,54H,12-16H2,1-6H3,(H,43,53)/t19-,25-,27-,29-,35+,41-/m0/s1. The van der Waals surface area contributed by atoms with E-state index in [9.17, 15) is 50.2 Å². The highest BCUT2D eigenvalue weighted by Gasteiger charge is 2.50. The molecule has 17 heteroatoms. The van der Waals surface area contributed by atoms with Gasteiger partial charge in [0.2, 0.25) is 5.78 Å². The Bertz CT molecular complexity index is 2200. The number of ether oxygens (including phenoxy) is 4. The van der Waals surface area contributed by atoms with Crippen LogP contribution in [0.5, 0.6) is 17.2 Å². The Morgan fingerprint density at radius 1 is 1.05 bits per heavy atom. The number of nitrogens with one attached hydrogen (secondary N) is 1. The monoisotopic (exact) mass is 802 g/mol. The highest BCUT2D eigenvalue weighted by Crippen LogP contribution is 2.52. The molecule has 0 bridgehead atoms. The molecule has 0 unspecified atom stereocenters. The van der Waals surface area contributed by atoms with Crippen LogP contribution in [0.2, 0.25) is 0 Å². The second-order valence-corrected chi connectivity index (χ2v) is 15.4. The van der Waals surface area contributed by atoms with Crippen molar-refractivity contribution in [2.24, 2.45) is 5.11 Å². The second kappa shape index (κ2) is 16.4. The summed E-state index contributed by atoms with van der Waals surface area (Å²) in [5.41, 5.74) is 7.79. The predicted molar refractivity (Wildman–Crippen MR) is 204 cm³/mol. The molecule has 58 heavy (non-hydrogen) atoms. The maximum Gasteiger partial charge on any atom is 0.407 e. The van der Waals surface area contributed by atoms with Crippen LogP contribution in [0.25, 0.3) is 10.4 Å². The fourth-order valence-electron chi connectivity index (χ4n) is 8.07. The normalized spacial score (nSPS) is 23.7. The first-order valence-corrected chi connectivity index (χ1v) is 18.8. The summed E-state index contributed by atoms with van der Waals surface area (Å²) in [5.74, 6) is -4.14. The Morgan fingerprint density at radius 3 is 2.31 bits per heavy atom. The molecular formula is C41H46N4O13. The number of methoxy groups -OCH3 is 1. The number of carbonyl (C=O) groups is 4. The van der Waals surface area contributed by atoms with Crippen molar-refractivity contribution in [2.45, 2.75) is 109 Å². The SMILES string of the molecule is COc1cccc2c1C(=O)c1c(O)c3c(c(O)c1C2=O)C[C@@](O)(C(=O)CO)C[C@@H]3O[C@H]1C[C@H](NC(=O)OCc2cc(C(C)C)c(N=[N+]=[N-])c(C(C)C)c2)[C@H](O)[C@H](C)O1. The number of alkyl carbamates (subject to hydrolysis) is 1. The predicted octanol–water partition coefficient (Wildman–Crippen LogP) is 5.16. The molecule has 0 aromatic heterocycles. The number of aliphatic hydroxyl groups is 3. The Labute approximate surface area is 333 Å². The Kier molecular flexibility index (Phi) is 11.9. The highest BCUT2D eigenvalue weighted by atomic mass is 16.7. The van der Waals surface area contributed by atoms with Gasteiger partial charge < -0.3 is 49.8 Å². The van der Waals surface area contributed by atoms with Crippen LogP contribution in [0.3, 0.4) is 0 Å². The molecule has 3 aliphatic rings. The van der Waals surface area contributed by atoms with Gasteiger partial charge in [-0.05, 0) is 47.0 Å². The number of amides is 1. The summed E-state index contributed by atoms with van der Waals surface area (Å²) in [7, 11) is 1.30. The van der Waals surface area contributed by atoms with Crippen LogP contribution in [-0.4, -0.2) is 92.8 Å². The van der Waals surface area contributed by atoms with Gasteiger partial charge in [0.25, 0.3) is 0 Å². The van der Waals surface area contributed by atoms with Crippen molar-refractivity contribution < 1.29 is 63.7 Å². The van der Waals surface area contributed by atoms with Crippen molar-refractivity contribution in [2.75, 3.05) is 13.7 Å². The first kappa shape index (κ1) is 42.1. The molecular weight excluding hydrogens is 756 g/mol. The molecule has 0 saturated carbocycles. The van der Waals surface area contributed by atoms with Crippen LogP contribution in [0.1, 0.15) is 125 Å². The van der Waals surface area contributed by atoms with Crippen LogP contribution in [-0.2, 0) is 32.0 Å². The van der Waals surface area contributed by atoms with E-state index in [1.807, 2.05) is 27.7 Å². The Morgan fingerprint density at radius 2 is 1.71 bits per heavy atom. The molecule has 0 radical (unpaired) electrons. The van der Waals surface area contributed by atoms with E-state index in [-0.39, 0.29) is 52.9 Å². The van der Waals surface area contributed by atoms with Gasteiger partial charge in [-0.1, -0.05) is 57.1 Å². The van der Waals surface area contributed by atoms with Crippen LogP contribution < -0.4 is 10.1 Å². The third-order valence-corrected chi connectivity index (χ3v) is 11.1. The summed E-state index contributed by atoms with van der Waals surface area (Å²) < 4.78 is 23.1. The van der Waals surface area contributed by atoms with Crippen molar-refractivity contribution in [3.8, 4) is 17.2 Å². The third-order valence-electron chi connectivity index (χ3n) is 11.1. The fourth-order valence-corrected chi connectivity index (χ4v) is 8.07. The molecule has 3 aromatic carbocycles. The van der Waals surface area contributed by atoms with E-state index < -0.39 is 102 Å². The van der Waals surface area contributed by atoms with E-state index in [1.54, 1.807) is 12.1 Å². The minimum absolute atomic E-state index is 0.00373. The van der Waals surface area contributed by atoms with Gasteiger partial charge in [-0.2, -0.15) is 0 Å². The molecule has 0 spiro atoms. The van der Waals surface area contributed by atoms with E-state index in [4.69, 9.17) is 18.9 Å². The smallest absolute Gasteiger partial charge is 0.407 e. The van der Waals surface area contributed by atoms with Gasteiger partial charge >= 0.3 is 6.09 Å². The Balaban J connectivity index is 1.28. The number of ketones is 3. The third kappa shape index (κ3) is 7.48. The molecule has 1 heterocycles. The van der Waals surface area contributed by atoms with Gasteiger partial charge in [0.15, 0.2) is 17.9 Å². The highest BCUT2D eigenvalue weighted by molar-refractivity contribution is 6.31. The number of phenolic OH excluding ortho intramolecular Hbond substituents is 2. The number of nitrogens with zero attached hydrogens (tertiary/aromatic N) is 3. The number of phenols is 2. The number of aromatic hydroxyl groups is 2. The van der Waals surface area contributed by atoms with Crippen LogP contribution in [0, 0.1) is 0 Å². The average molecular weight is 803 g/mol. The minimum Gasteiger partial charge on any atom is -0.507 e. The first-order valence-electron chi connectivity index (χ1n) is 18.8. The number of Topliss-reactive ketones (excluding diaryl/α,β-unsaturated/α-hetero) is 1. The number of hydrogen-bond acceptors (Lipinski definition) is 14. The quantitative estimate of drug-likeness (QED) is 0.0496. The van der Waals surface area contributed by atoms with Crippen molar-refractivity contribution >= 4 is 29.1 Å². The van der Waals surface area contributed by atoms with Crippen molar-refractivity contribution in [3.63, 3.8) is 0 Å². The number of fused-ring (bicyclic) bond motifs is 3. The molecule has 6 N–H and O–H groups in total. The Hall–Kier alpha value is -5.55. The lowest BCUT2D eigenvalue weighted by atomic mass is 9.72. The molecule has 1 amide bonds. The number of benzene rings is 3. The molecule has 17 nitrogen and oxygen atoms in total. The van der Waals surface area contributed by atoms with Gasteiger partial charge in [0.05, 0.1) is 42.0 Å². The molecule has 1 fully saturated rings. The fraction of sp³-hybridized carbons (Fsp3) is 0.463. The molecule has 1 aliphatic heterocycles. The lowest BCUT2D eigenvalue weighted by Gasteiger charge is -2.42. The minimum atomic E-state index is -2.36. The lowest BCUT2D eigenvalue weighted by Crippen LogP contribution is -2.56. The number of azide groups is 1. The van der Waals surface area contributed by atoms with Crippen molar-refractivity contribution in [3.05, 3.63) is 90.8 Å². The zero-order valence-corrected chi connectivity index (χ0v) is 32.8. The number of aliphatic hydroxyl groups excluding tert-OH is 2. The summed E-state index contributed by atoms with van der Waals surface area (Å²) in [4.78, 5) is 56.9. The number of carbonyl (C=O) groups excluding carboxylic acids is 4. The first-order chi connectivity index (χ1) is 27.5. The maximum atomic E-state index is 14.0. The van der Waals surface area contributed by atoms with E-state index in [2.05, 4.69) is 15.3 Å². The van der Waals surface area contributed by atoms with Gasteiger partial charge in [-0.15, -0.1) is 0 Å². The van der Waals surface area contributed by atoms with E-state index >= 15 is 0 Å². The summed E-state index contributed by atoms with van der Waals surface area (Å²) in [6.45, 7) is 8.07.